The van der Waals surface area contributed by atoms with Gasteiger partial charge in [-0.05, 0) is 24.5 Å². The smallest absolute Gasteiger partial charge is 0.0995 e. The minimum absolute atomic E-state index is 0.682. The SMILES string of the molecule is N#Cc1ccccc1CNC1CCC1. The van der Waals surface area contributed by atoms with E-state index in [-0.39, 0.29) is 0 Å². The van der Waals surface area contributed by atoms with Crippen LogP contribution in [0.2, 0.25) is 0 Å². The molecule has 0 unspecified atom stereocenters. The van der Waals surface area contributed by atoms with E-state index in [9.17, 15) is 0 Å². The summed E-state index contributed by atoms with van der Waals surface area (Å²) in [7, 11) is 0. The van der Waals surface area contributed by atoms with Crippen LogP contribution in [0.4, 0.5) is 0 Å². The van der Waals surface area contributed by atoms with Gasteiger partial charge in [-0.3, -0.25) is 0 Å². The summed E-state index contributed by atoms with van der Waals surface area (Å²) in [6.45, 7) is 0.828. The molecule has 14 heavy (non-hydrogen) atoms. The maximum Gasteiger partial charge on any atom is 0.0995 e. The zero-order valence-corrected chi connectivity index (χ0v) is 8.16. The Bertz CT molecular complexity index is 348. The highest BCUT2D eigenvalue weighted by atomic mass is 14.9. The van der Waals surface area contributed by atoms with Gasteiger partial charge >= 0.3 is 0 Å². The minimum Gasteiger partial charge on any atom is -0.310 e. The van der Waals surface area contributed by atoms with Gasteiger partial charge < -0.3 is 5.32 Å². The van der Waals surface area contributed by atoms with E-state index < -0.39 is 0 Å². The molecule has 1 aliphatic rings. The lowest BCUT2D eigenvalue weighted by molar-refractivity contribution is 0.338. The van der Waals surface area contributed by atoms with Gasteiger partial charge in [0.15, 0.2) is 0 Å². The van der Waals surface area contributed by atoms with Gasteiger partial charge in [-0.25, -0.2) is 0 Å². The maximum absolute atomic E-state index is 8.88. The van der Waals surface area contributed by atoms with E-state index >= 15 is 0 Å². The Morgan fingerprint density at radius 2 is 2.14 bits per heavy atom. The molecule has 2 nitrogen and oxygen atoms in total. The predicted octanol–water partition coefficient (Wildman–Crippen LogP) is 2.20. The number of nitriles is 1. The van der Waals surface area contributed by atoms with Crippen molar-refractivity contribution in [3.05, 3.63) is 35.4 Å². The van der Waals surface area contributed by atoms with E-state index in [1.54, 1.807) is 0 Å². The molecule has 72 valence electrons. The van der Waals surface area contributed by atoms with Crippen molar-refractivity contribution in [1.82, 2.24) is 5.32 Å². The minimum atomic E-state index is 0.682. The van der Waals surface area contributed by atoms with E-state index in [4.69, 9.17) is 5.26 Å². The first-order valence-electron chi connectivity index (χ1n) is 5.11. The Labute approximate surface area is 84.6 Å². The fraction of sp³-hybridized carbons (Fsp3) is 0.417. The van der Waals surface area contributed by atoms with Crippen molar-refractivity contribution in [2.45, 2.75) is 31.8 Å². The van der Waals surface area contributed by atoms with Crippen LogP contribution in [0.5, 0.6) is 0 Å². The van der Waals surface area contributed by atoms with Gasteiger partial charge in [0.05, 0.1) is 11.6 Å². The van der Waals surface area contributed by atoms with Crippen LogP contribution in [0, 0.1) is 11.3 Å². The molecule has 1 aromatic rings. The zero-order chi connectivity index (χ0) is 9.80. The third kappa shape index (κ3) is 1.94. The molecular weight excluding hydrogens is 172 g/mol. The van der Waals surface area contributed by atoms with E-state index in [1.807, 2.05) is 24.3 Å². The van der Waals surface area contributed by atoms with Crippen LogP contribution in [0.15, 0.2) is 24.3 Å². The summed E-state index contributed by atoms with van der Waals surface area (Å²) in [5, 5.41) is 12.3. The Morgan fingerprint density at radius 3 is 2.79 bits per heavy atom. The number of benzene rings is 1. The molecule has 0 amide bonds. The van der Waals surface area contributed by atoms with E-state index in [0.29, 0.717) is 6.04 Å². The first-order chi connectivity index (χ1) is 6.90. The van der Waals surface area contributed by atoms with E-state index in [1.165, 1.54) is 19.3 Å². The van der Waals surface area contributed by atoms with Crippen molar-refractivity contribution >= 4 is 0 Å². The zero-order valence-electron chi connectivity index (χ0n) is 8.16. The topological polar surface area (TPSA) is 35.8 Å². The van der Waals surface area contributed by atoms with Crippen LogP contribution in [-0.2, 0) is 6.54 Å². The van der Waals surface area contributed by atoms with Gasteiger partial charge in [0.1, 0.15) is 0 Å². The third-order valence-electron chi connectivity index (χ3n) is 2.82. The Hall–Kier alpha value is -1.33. The highest BCUT2D eigenvalue weighted by Gasteiger charge is 2.16. The summed E-state index contributed by atoms with van der Waals surface area (Å²) in [5.41, 5.74) is 1.90. The average molecular weight is 186 g/mol. The molecule has 0 aromatic heterocycles. The van der Waals surface area contributed by atoms with Gasteiger partial charge in [0.2, 0.25) is 0 Å². The first-order valence-corrected chi connectivity index (χ1v) is 5.11. The molecule has 0 heterocycles. The van der Waals surface area contributed by atoms with Crippen molar-refractivity contribution < 1.29 is 0 Å². The molecule has 1 saturated carbocycles. The van der Waals surface area contributed by atoms with Crippen molar-refractivity contribution in [1.29, 1.82) is 5.26 Å². The Kier molecular flexibility index (Phi) is 2.81. The normalized spacial score (nSPS) is 15.9. The Balaban J connectivity index is 1.97. The summed E-state index contributed by atoms with van der Waals surface area (Å²) in [5.74, 6) is 0. The van der Waals surface area contributed by atoms with Crippen LogP contribution < -0.4 is 5.32 Å². The van der Waals surface area contributed by atoms with Crippen molar-refractivity contribution in [3.8, 4) is 6.07 Å². The van der Waals surface area contributed by atoms with Crippen LogP contribution in [0.25, 0.3) is 0 Å². The van der Waals surface area contributed by atoms with Crippen LogP contribution in [-0.4, -0.2) is 6.04 Å². The second-order valence-electron chi connectivity index (χ2n) is 3.78. The monoisotopic (exact) mass is 186 g/mol. The molecule has 0 saturated heterocycles. The predicted molar refractivity (Wildman–Crippen MR) is 55.6 cm³/mol. The van der Waals surface area contributed by atoms with Gasteiger partial charge in [0, 0.05) is 12.6 Å². The molecule has 0 spiro atoms. The molecule has 0 radical (unpaired) electrons. The van der Waals surface area contributed by atoms with Crippen LogP contribution in [0.1, 0.15) is 30.4 Å². The van der Waals surface area contributed by atoms with Crippen molar-refractivity contribution in [3.63, 3.8) is 0 Å². The Morgan fingerprint density at radius 1 is 1.36 bits per heavy atom. The first kappa shape index (κ1) is 9.23. The summed E-state index contributed by atoms with van der Waals surface area (Å²) in [4.78, 5) is 0. The molecule has 1 aliphatic carbocycles. The molecule has 0 atom stereocenters. The molecule has 2 heteroatoms. The lowest BCUT2D eigenvalue weighted by Crippen LogP contribution is -2.34. The summed E-state index contributed by atoms with van der Waals surface area (Å²) in [6, 6.07) is 10.7. The highest BCUT2D eigenvalue weighted by Crippen LogP contribution is 2.19. The standard InChI is InChI=1S/C12H14N2/c13-8-10-4-1-2-5-11(10)9-14-12-6-3-7-12/h1-2,4-5,12,14H,3,6-7,9H2. The van der Waals surface area contributed by atoms with Gasteiger partial charge in [0.25, 0.3) is 0 Å². The second-order valence-corrected chi connectivity index (χ2v) is 3.78. The fourth-order valence-electron chi connectivity index (χ4n) is 1.65. The van der Waals surface area contributed by atoms with E-state index in [0.717, 1.165) is 17.7 Å². The number of nitrogens with one attached hydrogen (secondary N) is 1. The summed E-state index contributed by atoms with van der Waals surface area (Å²) in [6.07, 6.45) is 3.92. The third-order valence-corrected chi connectivity index (χ3v) is 2.82. The molecule has 1 aromatic carbocycles. The molecule has 2 rings (SSSR count). The maximum atomic E-state index is 8.88. The summed E-state index contributed by atoms with van der Waals surface area (Å²) >= 11 is 0. The molecule has 1 N–H and O–H groups in total. The fourth-order valence-corrected chi connectivity index (χ4v) is 1.65. The van der Waals surface area contributed by atoms with Gasteiger partial charge in [-0.1, -0.05) is 24.6 Å². The molecule has 0 aliphatic heterocycles. The number of hydrogen-bond donors (Lipinski definition) is 1. The lowest BCUT2D eigenvalue weighted by Gasteiger charge is -2.26. The number of rotatable bonds is 3. The molecule has 1 fully saturated rings. The molecular formula is C12H14N2. The van der Waals surface area contributed by atoms with Crippen molar-refractivity contribution in [2.75, 3.05) is 0 Å². The van der Waals surface area contributed by atoms with Crippen LogP contribution in [0.3, 0.4) is 0 Å². The lowest BCUT2D eigenvalue weighted by atomic mass is 9.93. The van der Waals surface area contributed by atoms with Crippen molar-refractivity contribution in [2.24, 2.45) is 0 Å². The quantitative estimate of drug-likeness (QED) is 0.785. The van der Waals surface area contributed by atoms with E-state index in [2.05, 4.69) is 11.4 Å². The largest absolute Gasteiger partial charge is 0.310 e. The summed E-state index contributed by atoms with van der Waals surface area (Å²) < 4.78 is 0. The van der Waals surface area contributed by atoms with Gasteiger partial charge in [-0.15, -0.1) is 0 Å². The van der Waals surface area contributed by atoms with Crippen LogP contribution >= 0.6 is 0 Å². The second kappa shape index (κ2) is 4.26. The highest BCUT2D eigenvalue weighted by molar-refractivity contribution is 5.37. The number of nitrogens with zero attached hydrogens (tertiary/aromatic N) is 1. The number of hydrogen-bond acceptors (Lipinski definition) is 2. The average Bonchev–Trinajstić information content (AvgIpc) is 2.16. The molecule has 0 bridgehead atoms. The van der Waals surface area contributed by atoms with Gasteiger partial charge in [-0.2, -0.15) is 5.26 Å².